The third-order valence-corrected chi connectivity index (χ3v) is 3.63. The van der Waals surface area contributed by atoms with Gasteiger partial charge in [-0.25, -0.2) is 0 Å². The van der Waals surface area contributed by atoms with E-state index in [2.05, 4.69) is 5.43 Å². The van der Waals surface area contributed by atoms with Crippen LogP contribution in [-0.4, -0.2) is 48.8 Å². The third kappa shape index (κ3) is 2.42. The van der Waals surface area contributed by atoms with Crippen LogP contribution < -0.4 is 10.6 Å². The Kier molecular flexibility index (Phi) is 3.26. The highest BCUT2D eigenvalue weighted by molar-refractivity contribution is 5.00. The lowest BCUT2D eigenvalue weighted by molar-refractivity contribution is -0.551. The number of rotatable bonds is 3. The van der Waals surface area contributed by atoms with Crippen LogP contribution in [0.1, 0.15) is 27.7 Å². The van der Waals surface area contributed by atoms with E-state index < -0.39 is 17.9 Å². The topological polar surface area (TPSA) is 94.5 Å². The summed E-state index contributed by atoms with van der Waals surface area (Å²) in [6, 6.07) is 0. The molecule has 0 aromatic heterocycles. The van der Waals surface area contributed by atoms with Crippen molar-refractivity contribution in [2.75, 3.05) is 6.54 Å². The molecule has 3 fully saturated rings. The summed E-state index contributed by atoms with van der Waals surface area (Å²) in [5.41, 5.74) is 11.3. The van der Waals surface area contributed by atoms with Crippen LogP contribution in [0, 0.1) is 0 Å². The molecule has 0 aromatic rings. The van der Waals surface area contributed by atoms with E-state index >= 15 is 0 Å². The van der Waals surface area contributed by atoms with Crippen LogP contribution in [0.15, 0.2) is 0 Å². The number of nitrogens with zero attached hydrogens (tertiary/aromatic N) is 1. The zero-order valence-electron chi connectivity index (χ0n) is 12.1. The van der Waals surface area contributed by atoms with Crippen molar-refractivity contribution in [2.45, 2.75) is 70.0 Å². The molecule has 0 unspecified atom stereocenters. The average molecular weight is 287 g/mol. The molecule has 0 aliphatic carbocycles. The lowest BCUT2D eigenvalue weighted by Gasteiger charge is -2.37. The summed E-state index contributed by atoms with van der Waals surface area (Å²) in [5, 5.41) is 1.89. The molecular formula is C12H21N3O5. The molecule has 114 valence electrons. The molecule has 0 aromatic carbocycles. The molecule has 0 amide bonds. The van der Waals surface area contributed by atoms with Gasteiger partial charge in [0.05, 0.1) is 6.10 Å². The molecule has 3 aliphatic heterocycles. The number of ether oxygens (including phenoxy) is 5. The largest absolute Gasteiger partial charge is 0.344 e. The highest BCUT2D eigenvalue weighted by atomic mass is 16.9. The van der Waals surface area contributed by atoms with Gasteiger partial charge in [-0.1, -0.05) is 0 Å². The molecule has 0 bridgehead atoms. The molecule has 0 radical (unpaired) electrons. The monoisotopic (exact) mass is 287 g/mol. The van der Waals surface area contributed by atoms with Crippen molar-refractivity contribution in [2.24, 2.45) is 0 Å². The molecule has 8 heteroatoms. The molecule has 3 heterocycles. The smallest absolute Gasteiger partial charge is 0.190 e. The van der Waals surface area contributed by atoms with Crippen LogP contribution in [0.25, 0.3) is 5.53 Å². The van der Waals surface area contributed by atoms with E-state index in [9.17, 15) is 0 Å². The maximum atomic E-state index is 8.67. The predicted octanol–water partition coefficient (Wildman–Crippen LogP) is -1.01. The van der Waals surface area contributed by atoms with E-state index in [0.717, 1.165) is 0 Å². The second kappa shape index (κ2) is 4.60. The highest BCUT2D eigenvalue weighted by Gasteiger charge is 2.60. The number of fused-ring (bicyclic) bond motifs is 3. The molecule has 3 saturated heterocycles. The first-order chi connectivity index (χ1) is 9.31. The highest BCUT2D eigenvalue weighted by Crippen LogP contribution is 2.43. The zero-order chi connectivity index (χ0) is 14.5. The van der Waals surface area contributed by atoms with E-state index in [1.54, 1.807) is 0 Å². The maximum Gasteiger partial charge on any atom is 0.190 e. The Morgan fingerprint density at radius 3 is 2.25 bits per heavy atom. The van der Waals surface area contributed by atoms with Gasteiger partial charge >= 0.3 is 0 Å². The van der Waals surface area contributed by atoms with Crippen LogP contribution in [0.3, 0.4) is 0 Å². The molecule has 20 heavy (non-hydrogen) atoms. The summed E-state index contributed by atoms with van der Waals surface area (Å²) in [6.07, 6.45) is -1.70. The van der Waals surface area contributed by atoms with Gasteiger partial charge in [0.2, 0.25) is 0 Å². The van der Waals surface area contributed by atoms with Gasteiger partial charge in [0.1, 0.15) is 18.3 Å². The lowest BCUT2D eigenvalue weighted by Crippen LogP contribution is -2.77. The Bertz CT molecular complexity index is 403. The van der Waals surface area contributed by atoms with E-state index in [1.807, 2.05) is 32.9 Å². The molecule has 5 atom stereocenters. The van der Waals surface area contributed by atoms with E-state index in [1.165, 1.54) is 0 Å². The number of hydrogen-bond acceptors (Lipinski definition) is 5. The Balaban J connectivity index is 1.82. The summed E-state index contributed by atoms with van der Waals surface area (Å²) >= 11 is 0. The minimum absolute atomic E-state index is 0.268. The van der Waals surface area contributed by atoms with Crippen LogP contribution in [-0.2, 0) is 23.7 Å². The van der Waals surface area contributed by atoms with Gasteiger partial charge in [0.25, 0.3) is 0 Å². The van der Waals surface area contributed by atoms with Gasteiger partial charge in [0, 0.05) is 6.54 Å². The van der Waals surface area contributed by atoms with Crippen molar-refractivity contribution >= 4 is 0 Å². The minimum Gasteiger partial charge on any atom is -0.344 e. The summed E-state index contributed by atoms with van der Waals surface area (Å²) < 4.78 is 29.4. The molecule has 0 saturated carbocycles. The van der Waals surface area contributed by atoms with Crippen molar-refractivity contribution < 1.29 is 28.9 Å². The Morgan fingerprint density at radius 1 is 0.950 bits per heavy atom. The van der Waals surface area contributed by atoms with Gasteiger partial charge in [-0.05, 0) is 27.7 Å². The SMILES string of the molecule is CC1(C)O[C@@H]2[C@@H](O1)[C@H](CN[NH+]=[N-])O[C@H]1OC(C)(C)O[C@@H]12. The van der Waals surface area contributed by atoms with Crippen molar-refractivity contribution in [3.8, 4) is 0 Å². The lowest BCUT2D eigenvalue weighted by atomic mass is 9.99. The number of nitrogens with one attached hydrogen (secondary N) is 2. The van der Waals surface area contributed by atoms with Gasteiger partial charge in [-0.15, -0.1) is 0 Å². The number of hydrogen-bond donors (Lipinski definition) is 2. The van der Waals surface area contributed by atoms with Crippen molar-refractivity contribution in [3.05, 3.63) is 5.53 Å². The Hall–Kier alpha value is -0.800. The van der Waals surface area contributed by atoms with Crippen molar-refractivity contribution in [3.63, 3.8) is 0 Å². The molecule has 3 rings (SSSR count). The standard InChI is InChI=1S/C12H21N3O5/c1-11(2)17-7-6(5-14-15-13)16-10-9(8(7)18-11)19-12(3,4)20-10/h6-10,15H,5H2,1-4H3,(H-,13,14)/t6-,7-,8+,9+,10-/m0/s1. The fourth-order valence-electron chi connectivity index (χ4n) is 3.00. The van der Waals surface area contributed by atoms with Crippen LogP contribution in [0.5, 0.6) is 0 Å². The van der Waals surface area contributed by atoms with E-state index in [4.69, 9.17) is 29.2 Å². The summed E-state index contributed by atoms with van der Waals surface area (Å²) in [6.45, 7) is 7.75. The zero-order valence-corrected chi connectivity index (χ0v) is 12.1. The normalized spacial score (nSPS) is 44.7. The van der Waals surface area contributed by atoms with E-state index in [0.29, 0.717) is 6.54 Å². The molecule has 0 spiro atoms. The molecule has 2 N–H and O–H groups in total. The summed E-state index contributed by atoms with van der Waals surface area (Å²) in [7, 11) is 0. The van der Waals surface area contributed by atoms with Crippen LogP contribution >= 0.6 is 0 Å². The number of hydrazine groups is 1. The summed E-state index contributed by atoms with van der Waals surface area (Å²) in [5.74, 6) is -1.41. The average Bonchev–Trinajstić information content (AvgIpc) is 2.80. The van der Waals surface area contributed by atoms with Gasteiger partial charge in [-0.3, -0.25) is 5.43 Å². The second-order valence-corrected chi connectivity index (χ2v) is 6.20. The quantitative estimate of drug-likeness (QED) is 0.510. The van der Waals surface area contributed by atoms with Crippen molar-refractivity contribution in [1.82, 2.24) is 5.43 Å². The Labute approximate surface area is 117 Å². The second-order valence-electron chi connectivity index (χ2n) is 6.20. The van der Waals surface area contributed by atoms with E-state index in [-0.39, 0.29) is 24.4 Å². The van der Waals surface area contributed by atoms with Crippen LogP contribution in [0.4, 0.5) is 0 Å². The maximum absolute atomic E-state index is 8.67. The first-order valence-corrected chi connectivity index (χ1v) is 6.80. The first kappa shape index (κ1) is 14.2. The minimum atomic E-state index is -0.715. The molecular weight excluding hydrogens is 266 g/mol. The van der Waals surface area contributed by atoms with Gasteiger partial charge < -0.3 is 23.7 Å². The van der Waals surface area contributed by atoms with Gasteiger partial charge in [-0.2, -0.15) is 10.8 Å². The molecule has 8 nitrogen and oxygen atoms in total. The van der Waals surface area contributed by atoms with Crippen LogP contribution in [0.2, 0.25) is 0 Å². The summed E-state index contributed by atoms with van der Waals surface area (Å²) in [4.78, 5) is 0. The first-order valence-electron chi connectivity index (χ1n) is 6.80. The third-order valence-electron chi connectivity index (χ3n) is 3.63. The molecule has 3 aliphatic rings. The Morgan fingerprint density at radius 2 is 1.55 bits per heavy atom. The fourth-order valence-corrected chi connectivity index (χ4v) is 3.00. The van der Waals surface area contributed by atoms with Gasteiger partial charge in [0.15, 0.2) is 17.9 Å². The fraction of sp³-hybridized carbons (Fsp3) is 1.00. The predicted molar refractivity (Wildman–Crippen MR) is 64.8 cm³/mol. The van der Waals surface area contributed by atoms with Crippen molar-refractivity contribution in [1.29, 1.82) is 0 Å².